The van der Waals surface area contributed by atoms with Gasteiger partial charge in [0.25, 0.3) is 5.69 Å². The van der Waals surface area contributed by atoms with E-state index in [0.717, 1.165) is 18.2 Å². The number of halogens is 4. The van der Waals surface area contributed by atoms with E-state index in [1.54, 1.807) is 0 Å². The van der Waals surface area contributed by atoms with Crippen molar-refractivity contribution in [2.45, 2.75) is 6.36 Å². The Balaban J connectivity index is 2.99. The first-order valence-corrected chi connectivity index (χ1v) is 3.87. The summed E-state index contributed by atoms with van der Waals surface area (Å²) in [5.41, 5.74) is -0.408. The molecule has 0 unspecified atom stereocenters. The summed E-state index contributed by atoms with van der Waals surface area (Å²) in [6.07, 6.45) is -4.88. The molecule has 0 N–H and O–H groups in total. The van der Waals surface area contributed by atoms with Gasteiger partial charge < -0.3 is 4.74 Å². The average molecular weight is 242 g/mol. The molecule has 15 heavy (non-hydrogen) atoms. The van der Waals surface area contributed by atoms with Crippen LogP contribution < -0.4 is 4.74 Å². The SMILES string of the molecule is O=[N+]([O-])c1ccc(OC(F)(F)F)c(Cl)c1. The molecule has 1 aromatic rings. The maximum atomic E-state index is 11.8. The summed E-state index contributed by atoms with van der Waals surface area (Å²) in [5.74, 6) is -0.672. The molecule has 0 aliphatic rings. The third kappa shape index (κ3) is 3.28. The molecule has 0 heterocycles. The zero-order valence-electron chi connectivity index (χ0n) is 6.92. The fraction of sp³-hybridized carbons (Fsp3) is 0.143. The van der Waals surface area contributed by atoms with Gasteiger partial charge >= 0.3 is 6.36 Å². The molecule has 0 bridgehead atoms. The first-order valence-electron chi connectivity index (χ1n) is 3.49. The Labute approximate surface area is 86.4 Å². The van der Waals surface area contributed by atoms with E-state index < -0.39 is 27.7 Å². The van der Waals surface area contributed by atoms with E-state index in [1.807, 2.05) is 0 Å². The van der Waals surface area contributed by atoms with E-state index in [9.17, 15) is 23.3 Å². The molecule has 0 fully saturated rings. The van der Waals surface area contributed by atoms with Crippen LogP contribution in [0, 0.1) is 10.1 Å². The lowest BCUT2D eigenvalue weighted by Crippen LogP contribution is -2.17. The van der Waals surface area contributed by atoms with Crippen LogP contribution in [-0.2, 0) is 0 Å². The molecule has 0 spiro atoms. The summed E-state index contributed by atoms with van der Waals surface area (Å²) in [4.78, 5) is 9.46. The fourth-order valence-corrected chi connectivity index (χ4v) is 1.02. The predicted octanol–water partition coefficient (Wildman–Crippen LogP) is 3.15. The predicted molar refractivity (Wildman–Crippen MR) is 44.8 cm³/mol. The molecule has 0 saturated heterocycles. The number of nitrogens with zero attached hydrogens (tertiary/aromatic N) is 1. The lowest BCUT2D eigenvalue weighted by atomic mass is 10.3. The third-order valence-corrected chi connectivity index (χ3v) is 1.65. The molecule has 0 aliphatic heterocycles. The van der Waals surface area contributed by atoms with Crippen LogP contribution in [0.5, 0.6) is 5.75 Å². The van der Waals surface area contributed by atoms with Crippen LogP contribution in [0.4, 0.5) is 18.9 Å². The number of hydrogen-bond acceptors (Lipinski definition) is 3. The number of alkyl halides is 3. The second-order valence-corrected chi connectivity index (χ2v) is 2.83. The fourth-order valence-electron chi connectivity index (χ4n) is 0.811. The van der Waals surface area contributed by atoms with Crippen LogP contribution in [0.15, 0.2) is 18.2 Å². The quantitative estimate of drug-likeness (QED) is 0.590. The summed E-state index contributed by atoms with van der Waals surface area (Å²) >= 11 is 5.35. The van der Waals surface area contributed by atoms with Crippen LogP contribution in [-0.4, -0.2) is 11.3 Å². The van der Waals surface area contributed by atoms with Crippen molar-refractivity contribution in [1.29, 1.82) is 0 Å². The van der Waals surface area contributed by atoms with Crippen LogP contribution >= 0.6 is 11.6 Å². The topological polar surface area (TPSA) is 52.4 Å². The second-order valence-electron chi connectivity index (χ2n) is 2.42. The Bertz CT molecular complexity index is 394. The highest BCUT2D eigenvalue weighted by molar-refractivity contribution is 6.32. The summed E-state index contributed by atoms with van der Waals surface area (Å²) in [5, 5.41) is 9.76. The Kier molecular flexibility index (Phi) is 3.04. The van der Waals surface area contributed by atoms with E-state index in [2.05, 4.69) is 4.74 Å². The Hall–Kier alpha value is -1.50. The molecule has 0 aliphatic carbocycles. The van der Waals surface area contributed by atoms with Crippen LogP contribution in [0.2, 0.25) is 5.02 Å². The van der Waals surface area contributed by atoms with Crippen molar-refractivity contribution in [3.8, 4) is 5.75 Å². The van der Waals surface area contributed by atoms with Crippen molar-refractivity contribution in [2.24, 2.45) is 0 Å². The number of rotatable bonds is 2. The standard InChI is InChI=1S/C7H3ClF3NO3/c8-5-3-4(12(13)14)1-2-6(5)15-7(9,10)11/h1-3H. The normalized spacial score (nSPS) is 11.2. The van der Waals surface area contributed by atoms with Crippen molar-refractivity contribution in [1.82, 2.24) is 0 Å². The van der Waals surface area contributed by atoms with Gasteiger partial charge in [-0.3, -0.25) is 10.1 Å². The van der Waals surface area contributed by atoms with Gasteiger partial charge in [0.2, 0.25) is 0 Å². The Morgan fingerprint density at radius 2 is 2.00 bits per heavy atom. The zero-order valence-corrected chi connectivity index (χ0v) is 7.67. The van der Waals surface area contributed by atoms with Crippen molar-refractivity contribution < 1.29 is 22.8 Å². The molecule has 4 nitrogen and oxygen atoms in total. The third-order valence-electron chi connectivity index (χ3n) is 1.35. The Morgan fingerprint density at radius 1 is 1.40 bits per heavy atom. The molecule has 0 radical (unpaired) electrons. The van der Waals surface area contributed by atoms with E-state index >= 15 is 0 Å². The van der Waals surface area contributed by atoms with E-state index in [-0.39, 0.29) is 0 Å². The number of ether oxygens (including phenoxy) is 1. The number of nitro benzene ring substituents is 1. The van der Waals surface area contributed by atoms with E-state index in [1.165, 1.54) is 0 Å². The minimum Gasteiger partial charge on any atom is -0.404 e. The summed E-state index contributed by atoms with van der Waals surface area (Å²) in [6.45, 7) is 0. The molecule has 1 aromatic carbocycles. The van der Waals surface area contributed by atoms with E-state index in [4.69, 9.17) is 11.6 Å². The molecule has 0 amide bonds. The average Bonchev–Trinajstić information content (AvgIpc) is 2.05. The first kappa shape index (κ1) is 11.6. The molecule has 0 saturated carbocycles. The van der Waals surface area contributed by atoms with Gasteiger partial charge in [-0.1, -0.05) is 11.6 Å². The molecular weight excluding hydrogens is 239 g/mol. The summed E-state index contributed by atoms with van der Waals surface area (Å²) < 4.78 is 38.8. The highest BCUT2D eigenvalue weighted by Gasteiger charge is 2.32. The zero-order chi connectivity index (χ0) is 11.6. The number of benzene rings is 1. The van der Waals surface area contributed by atoms with Gasteiger partial charge in [-0.2, -0.15) is 0 Å². The van der Waals surface area contributed by atoms with Gasteiger partial charge in [0.15, 0.2) is 0 Å². The van der Waals surface area contributed by atoms with Gasteiger partial charge in [-0.15, -0.1) is 13.2 Å². The van der Waals surface area contributed by atoms with Crippen molar-refractivity contribution in [3.05, 3.63) is 33.3 Å². The van der Waals surface area contributed by atoms with Gasteiger partial charge in [0.1, 0.15) is 5.75 Å². The van der Waals surface area contributed by atoms with Gasteiger partial charge in [-0.25, -0.2) is 0 Å². The van der Waals surface area contributed by atoms with E-state index in [0.29, 0.717) is 0 Å². The minimum absolute atomic E-state index is 0.408. The molecule has 1 rings (SSSR count). The highest BCUT2D eigenvalue weighted by atomic mass is 35.5. The number of hydrogen-bond donors (Lipinski definition) is 0. The minimum atomic E-state index is -4.88. The smallest absolute Gasteiger partial charge is 0.404 e. The summed E-state index contributed by atoms with van der Waals surface area (Å²) in [6, 6.07) is 2.43. The van der Waals surface area contributed by atoms with Gasteiger partial charge in [0, 0.05) is 12.1 Å². The Morgan fingerprint density at radius 3 is 2.40 bits per heavy atom. The molecular formula is C7H3ClF3NO3. The lowest BCUT2D eigenvalue weighted by molar-refractivity contribution is -0.384. The lowest BCUT2D eigenvalue weighted by Gasteiger charge is -2.09. The highest BCUT2D eigenvalue weighted by Crippen LogP contribution is 2.32. The molecule has 0 atom stereocenters. The first-order chi connectivity index (χ1) is 6.79. The van der Waals surface area contributed by atoms with Crippen LogP contribution in [0.1, 0.15) is 0 Å². The van der Waals surface area contributed by atoms with Crippen molar-refractivity contribution >= 4 is 17.3 Å². The second kappa shape index (κ2) is 3.93. The van der Waals surface area contributed by atoms with Crippen LogP contribution in [0.3, 0.4) is 0 Å². The number of nitro groups is 1. The largest absolute Gasteiger partial charge is 0.573 e. The maximum Gasteiger partial charge on any atom is 0.573 e. The van der Waals surface area contributed by atoms with Gasteiger partial charge in [0.05, 0.1) is 9.95 Å². The maximum absolute atomic E-state index is 11.8. The molecule has 0 aromatic heterocycles. The van der Waals surface area contributed by atoms with Gasteiger partial charge in [-0.05, 0) is 6.07 Å². The van der Waals surface area contributed by atoms with Crippen LogP contribution in [0.25, 0.3) is 0 Å². The van der Waals surface area contributed by atoms with Crippen molar-refractivity contribution in [3.63, 3.8) is 0 Å². The van der Waals surface area contributed by atoms with Crippen molar-refractivity contribution in [2.75, 3.05) is 0 Å². The number of non-ortho nitro benzene ring substituents is 1. The summed E-state index contributed by atoms with van der Waals surface area (Å²) in [7, 11) is 0. The monoisotopic (exact) mass is 241 g/mol. The molecule has 82 valence electrons. The molecule has 8 heteroatoms.